The lowest BCUT2D eigenvalue weighted by atomic mass is 10.0. The number of hydrogen-bond donors (Lipinski definition) is 1. The second-order valence-electron chi connectivity index (χ2n) is 7.17. The van der Waals surface area contributed by atoms with Gasteiger partial charge in [-0.3, -0.25) is 4.79 Å². The van der Waals surface area contributed by atoms with E-state index in [1.807, 2.05) is 19.1 Å². The topological polar surface area (TPSA) is 51.2 Å². The smallest absolute Gasteiger partial charge is 0.226 e. The van der Waals surface area contributed by atoms with Crippen LogP contribution >= 0.6 is 11.3 Å². The Bertz CT molecular complexity index is 929. The molecule has 0 atom stereocenters. The number of rotatable bonds is 7. The number of aromatic nitrogens is 1. The standard InChI is InChI=1S/C22H26N2O2S/c1-14(2)17-7-9-18(10-8-17)26-11-5-6-20(25)23-22-24-21-16(4)12-15(3)13-19(21)27-22/h7-10,12-14H,5-6,11H2,1-4H3,(H,23,24,25). The highest BCUT2D eigenvalue weighted by molar-refractivity contribution is 7.22. The van der Waals surface area contributed by atoms with Gasteiger partial charge in [-0.25, -0.2) is 4.98 Å². The molecule has 0 bridgehead atoms. The van der Waals surface area contributed by atoms with E-state index in [2.05, 4.69) is 55.3 Å². The van der Waals surface area contributed by atoms with E-state index in [0.717, 1.165) is 21.5 Å². The average molecular weight is 383 g/mol. The molecular formula is C22H26N2O2S. The van der Waals surface area contributed by atoms with Crippen LogP contribution in [0.3, 0.4) is 0 Å². The summed E-state index contributed by atoms with van der Waals surface area (Å²) in [5.41, 5.74) is 4.61. The molecule has 0 unspecified atom stereocenters. The Morgan fingerprint density at radius 2 is 1.93 bits per heavy atom. The van der Waals surface area contributed by atoms with Gasteiger partial charge in [0.1, 0.15) is 5.75 Å². The summed E-state index contributed by atoms with van der Waals surface area (Å²) in [6.45, 7) is 8.98. The van der Waals surface area contributed by atoms with Gasteiger partial charge in [-0.1, -0.05) is 43.4 Å². The van der Waals surface area contributed by atoms with Crippen LogP contribution in [0.15, 0.2) is 36.4 Å². The van der Waals surface area contributed by atoms with E-state index in [4.69, 9.17) is 4.74 Å². The fourth-order valence-electron chi connectivity index (χ4n) is 2.98. The van der Waals surface area contributed by atoms with Crippen LogP contribution in [-0.2, 0) is 4.79 Å². The predicted octanol–water partition coefficient (Wildman–Crippen LogP) is 5.83. The average Bonchev–Trinajstić information content (AvgIpc) is 3.01. The van der Waals surface area contributed by atoms with Gasteiger partial charge in [0, 0.05) is 6.42 Å². The Labute approximate surface area is 164 Å². The number of nitrogens with one attached hydrogen (secondary N) is 1. The van der Waals surface area contributed by atoms with E-state index in [9.17, 15) is 4.79 Å². The number of benzene rings is 2. The lowest BCUT2D eigenvalue weighted by molar-refractivity contribution is -0.116. The maximum atomic E-state index is 12.2. The molecule has 0 fully saturated rings. The van der Waals surface area contributed by atoms with Gasteiger partial charge in [0.15, 0.2) is 5.13 Å². The van der Waals surface area contributed by atoms with Crippen molar-refractivity contribution in [1.29, 1.82) is 0 Å². The maximum absolute atomic E-state index is 12.2. The molecule has 0 saturated carbocycles. The highest BCUT2D eigenvalue weighted by Crippen LogP contribution is 2.29. The summed E-state index contributed by atoms with van der Waals surface area (Å²) in [7, 11) is 0. The number of thiazole rings is 1. The fourth-order valence-corrected chi connectivity index (χ4v) is 4.04. The fraction of sp³-hybridized carbons (Fsp3) is 0.364. The minimum absolute atomic E-state index is 0.0258. The molecule has 1 N–H and O–H groups in total. The number of carbonyl (C=O) groups excluding carboxylic acids is 1. The molecule has 4 nitrogen and oxygen atoms in total. The van der Waals surface area contributed by atoms with E-state index in [-0.39, 0.29) is 5.91 Å². The van der Waals surface area contributed by atoms with Crippen molar-refractivity contribution in [2.24, 2.45) is 0 Å². The summed E-state index contributed by atoms with van der Waals surface area (Å²) in [6.07, 6.45) is 1.08. The van der Waals surface area contributed by atoms with Gasteiger partial charge in [-0.05, 0) is 61.1 Å². The second-order valence-corrected chi connectivity index (χ2v) is 8.20. The third kappa shape index (κ3) is 5.07. The van der Waals surface area contributed by atoms with Gasteiger partial charge in [0.25, 0.3) is 0 Å². The molecule has 0 aliphatic heterocycles. The predicted molar refractivity (Wildman–Crippen MR) is 113 cm³/mol. The van der Waals surface area contributed by atoms with E-state index in [1.54, 1.807) is 0 Å². The second kappa shape index (κ2) is 8.53. The highest BCUT2D eigenvalue weighted by atomic mass is 32.1. The number of nitrogens with zero attached hydrogens (tertiary/aromatic N) is 1. The quantitative estimate of drug-likeness (QED) is 0.523. The number of fused-ring (bicyclic) bond motifs is 1. The van der Waals surface area contributed by atoms with Crippen molar-refractivity contribution >= 4 is 32.6 Å². The van der Waals surface area contributed by atoms with Crippen LogP contribution in [0.1, 0.15) is 49.3 Å². The van der Waals surface area contributed by atoms with Crippen LogP contribution in [0.5, 0.6) is 5.75 Å². The number of carbonyl (C=O) groups is 1. The number of amides is 1. The number of ether oxygens (including phenoxy) is 1. The molecule has 0 radical (unpaired) electrons. The van der Waals surface area contributed by atoms with Crippen LogP contribution in [0.2, 0.25) is 0 Å². The Morgan fingerprint density at radius 3 is 2.63 bits per heavy atom. The lowest BCUT2D eigenvalue weighted by Gasteiger charge is -2.08. The largest absolute Gasteiger partial charge is 0.494 e. The van der Waals surface area contributed by atoms with Gasteiger partial charge >= 0.3 is 0 Å². The van der Waals surface area contributed by atoms with Gasteiger partial charge < -0.3 is 10.1 Å². The SMILES string of the molecule is Cc1cc(C)c2nc(NC(=O)CCCOc3ccc(C(C)C)cc3)sc2c1. The van der Waals surface area contributed by atoms with Crippen molar-refractivity contribution in [2.45, 2.75) is 46.5 Å². The van der Waals surface area contributed by atoms with Crippen molar-refractivity contribution in [3.05, 3.63) is 53.1 Å². The molecule has 5 heteroatoms. The molecular weight excluding hydrogens is 356 g/mol. The van der Waals surface area contributed by atoms with Crippen LogP contribution in [0.25, 0.3) is 10.2 Å². The van der Waals surface area contributed by atoms with Crippen molar-refractivity contribution in [3.63, 3.8) is 0 Å². The van der Waals surface area contributed by atoms with E-state index < -0.39 is 0 Å². The summed E-state index contributed by atoms with van der Waals surface area (Å²) in [5.74, 6) is 1.33. The van der Waals surface area contributed by atoms with Crippen LogP contribution in [0.4, 0.5) is 5.13 Å². The Kier molecular flexibility index (Phi) is 6.11. The molecule has 0 spiro atoms. The van der Waals surface area contributed by atoms with Gasteiger partial charge in [-0.2, -0.15) is 0 Å². The zero-order valence-electron chi connectivity index (χ0n) is 16.3. The number of aryl methyl sites for hydroxylation is 2. The molecule has 1 heterocycles. The molecule has 3 aromatic rings. The maximum Gasteiger partial charge on any atom is 0.226 e. The molecule has 27 heavy (non-hydrogen) atoms. The minimum Gasteiger partial charge on any atom is -0.494 e. The Morgan fingerprint density at radius 1 is 1.19 bits per heavy atom. The molecule has 142 valence electrons. The van der Waals surface area contributed by atoms with E-state index in [0.29, 0.717) is 30.5 Å². The highest BCUT2D eigenvalue weighted by Gasteiger charge is 2.10. The van der Waals surface area contributed by atoms with Crippen LogP contribution in [0, 0.1) is 13.8 Å². The molecule has 2 aromatic carbocycles. The zero-order valence-corrected chi connectivity index (χ0v) is 17.2. The normalized spacial score (nSPS) is 11.1. The third-order valence-electron chi connectivity index (χ3n) is 4.44. The monoisotopic (exact) mass is 382 g/mol. The first kappa shape index (κ1) is 19.4. The van der Waals surface area contributed by atoms with Crippen molar-refractivity contribution in [3.8, 4) is 5.75 Å². The van der Waals surface area contributed by atoms with Gasteiger partial charge in [0.2, 0.25) is 5.91 Å². The first-order valence-corrected chi connectivity index (χ1v) is 10.1. The Hall–Kier alpha value is -2.40. The van der Waals surface area contributed by atoms with Gasteiger partial charge in [-0.15, -0.1) is 0 Å². The van der Waals surface area contributed by atoms with Gasteiger partial charge in [0.05, 0.1) is 16.8 Å². The summed E-state index contributed by atoms with van der Waals surface area (Å²) >= 11 is 1.52. The van der Waals surface area contributed by atoms with Crippen molar-refractivity contribution in [1.82, 2.24) is 4.98 Å². The van der Waals surface area contributed by atoms with Crippen LogP contribution < -0.4 is 10.1 Å². The van der Waals surface area contributed by atoms with Crippen molar-refractivity contribution in [2.75, 3.05) is 11.9 Å². The minimum atomic E-state index is -0.0258. The molecule has 0 saturated heterocycles. The van der Waals surface area contributed by atoms with E-state index in [1.165, 1.54) is 22.5 Å². The lowest BCUT2D eigenvalue weighted by Crippen LogP contribution is -2.12. The Balaban J connectivity index is 1.46. The zero-order chi connectivity index (χ0) is 19.4. The first-order valence-electron chi connectivity index (χ1n) is 9.33. The van der Waals surface area contributed by atoms with Crippen molar-refractivity contribution < 1.29 is 9.53 Å². The number of hydrogen-bond acceptors (Lipinski definition) is 4. The summed E-state index contributed by atoms with van der Waals surface area (Å²) in [6, 6.07) is 12.4. The molecule has 1 aromatic heterocycles. The third-order valence-corrected chi connectivity index (χ3v) is 5.36. The summed E-state index contributed by atoms with van der Waals surface area (Å²) in [4.78, 5) is 16.7. The molecule has 3 rings (SSSR count). The summed E-state index contributed by atoms with van der Waals surface area (Å²) in [5, 5.41) is 3.57. The summed E-state index contributed by atoms with van der Waals surface area (Å²) < 4.78 is 6.83. The molecule has 1 amide bonds. The molecule has 0 aliphatic carbocycles. The molecule has 0 aliphatic rings. The van der Waals surface area contributed by atoms with Crippen LogP contribution in [-0.4, -0.2) is 17.5 Å². The first-order chi connectivity index (χ1) is 12.9. The van der Waals surface area contributed by atoms with E-state index >= 15 is 0 Å². The number of anilines is 1.